The maximum Gasteiger partial charge on any atom is 0.178 e. The van der Waals surface area contributed by atoms with Gasteiger partial charge in [0.15, 0.2) is 5.78 Å². The number of hydrogen-bond donors (Lipinski definition) is 0. The van der Waals surface area contributed by atoms with Crippen molar-refractivity contribution in [2.45, 2.75) is 6.92 Å². The van der Waals surface area contributed by atoms with E-state index in [1.165, 1.54) is 18.3 Å². The van der Waals surface area contributed by atoms with E-state index in [-0.39, 0.29) is 5.78 Å². The lowest BCUT2D eigenvalue weighted by molar-refractivity contribution is 0.101. The van der Waals surface area contributed by atoms with Gasteiger partial charge in [-0.15, -0.1) is 22.7 Å². The zero-order valence-electron chi connectivity index (χ0n) is 7.28. The number of carbonyl (C=O) groups is 1. The number of thiazole rings is 1. The van der Waals surface area contributed by atoms with Crippen LogP contribution in [-0.4, -0.2) is 10.8 Å². The van der Waals surface area contributed by atoms with Gasteiger partial charge in [0, 0.05) is 12.3 Å². The van der Waals surface area contributed by atoms with Crippen molar-refractivity contribution in [3.05, 3.63) is 27.0 Å². The first-order valence-corrected chi connectivity index (χ1v) is 6.38. The average Bonchev–Trinajstić information content (AvgIpc) is 2.70. The Morgan fingerprint density at radius 3 is 2.79 bits per heavy atom. The van der Waals surface area contributed by atoms with Gasteiger partial charge in [0.25, 0.3) is 0 Å². The summed E-state index contributed by atoms with van der Waals surface area (Å²) in [6.07, 6.45) is 0. The Balaban J connectivity index is 2.38. The predicted molar refractivity (Wildman–Crippen MR) is 63.1 cm³/mol. The summed E-state index contributed by atoms with van der Waals surface area (Å²) in [6, 6.07) is 3.98. The topological polar surface area (TPSA) is 30.0 Å². The first-order valence-electron chi connectivity index (χ1n) is 3.89. The van der Waals surface area contributed by atoms with Gasteiger partial charge in [-0.05, 0) is 28.1 Å². The fourth-order valence-corrected chi connectivity index (χ4v) is 3.29. The summed E-state index contributed by atoms with van der Waals surface area (Å²) in [6.45, 7) is 1.53. The Bertz CT molecular complexity index is 475. The van der Waals surface area contributed by atoms with Crippen molar-refractivity contribution in [1.82, 2.24) is 4.98 Å². The van der Waals surface area contributed by atoms with Crippen molar-refractivity contribution < 1.29 is 4.79 Å². The van der Waals surface area contributed by atoms with E-state index < -0.39 is 0 Å². The van der Waals surface area contributed by atoms with Crippen LogP contribution in [0.4, 0.5) is 0 Å². The van der Waals surface area contributed by atoms with Crippen LogP contribution in [0.1, 0.15) is 17.4 Å². The number of Topliss-reactive ketones (excluding diaryl/α,β-unsaturated/α-hetero) is 1. The van der Waals surface area contributed by atoms with Crippen LogP contribution in [0.25, 0.3) is 9.88 Å². The number of nitrogens with zero attached hydrogens (tertiary/aromatic N) is 1. The molecule has 0 N–H and O–H groups in total. The zero-order chi connectivity index (χ0) is 10.1. The molecule has 2 heterocycles. The quantitative estimate of drug-likeness (QED) is 0.786. The van der Waals surface area contributed by atoms with Crippen molar-refractivity contribution >= 4 is 44.4 Å². The number of carbonyl (C=O) groups excluding carboxylic acids is 1. The van der Waals surface area contributed by atoms with E-state index in [2.05, 4.69) is 20.9 Å². The third kappa shape index (κ3) is 1.94. The summed E-state index contributed by atoms with van der Waals surface area (Å²) in [5.74, 6) is 0.0168. The van der Waals surface area contributed by atoms with Crippen LogP contribution < -0.4 is 0 Å². The molecule has 0 saturated carbocycles. The van der Waals surface area contributed by atoms with Gasteiger partial charge in [0.05, 0.1) is 8.66 Å². The van der Waals surface area contributed by atoms with Gasteiger partial charge < -0.3 is 0 Å². The number of ketones is 1. The summed E-state index contributed by atoms with van der Waals surface area (Å²) in [5, 5.41) is 2.71. The first kappa shape index (κ1) is 10.0. The van der Waals surface area contributed by atoms with E-state index in [4.69, 9.17) is 0 Å². The summed E-state index contributed by atoms with van der Waals surface area (Å²) in [7, 11) is 0. The second-order valence-corrected chi connectivity index (χ2v) is 6.02. The molecule has 0 radical (unpaired) electrons. The second-order valence-electron chi connectivity index (χ2n) is 2.70. The molecular weight excluding hydrogens is 282 g/mol. The van der Waals surface area contributed by atoms with E-state index in [0.717, 1.165) is 13.7 Å². The molecule has 0 aliphatic carbocycles. The highest BCUT2D eigenvalue weighted by atomic mass is 79.9. The van der Waals surface area contributed by atoms with Gasteiger partial charge in [-0.3, -0.25) is 4.79 Å². The summed E-state index contributed by atoms with van der Waals surface area (Å²) >= 11 is 6.51. The molecule has 14 heavy (non-hydrogen) atoms. The fourth-order valence-electron chi connectivity index (χ4n) is 0.978. The summed E-state index contributed by atoms with van der Waals surface area (Å²) in [5.41, 5.74) is 0.550. The van der Waals surface area contributed by atoms with Gasteiger partial charge >= 0.3 is 0 Å². The van der Waals surface area contributed by atoms with Crippen molar-refractivity contribution in [2.75, 3.05) is 0 Å². The Labute approximate surface area is 97.7 Å². The smallest absolute Gasteiger partial charge is 0.178 e. The predicted octanol–water partition coefficient (Wildman–Crippen LogP) is 3.84. The van der Waals surface area contributed by atoms with E-state index in [1.807, 2.05) is 12.1 Å². The molecule has 2 rings (SSSR count). The molecule has 2 aromatic heterocycles. The highest BCUT2D eigenvalue weighted by Crippen LogP contribution is 2.33. The highest BCUT2D eigenvalue weighted by Gasteiger charge is 2.09. The molecule has 0 bridgehead atoms. The summed E-state index contributed by atoms with van der Waals surface area (Å²) < 4.78 is 1.08. The average molecular weight is 288 g/mol. The van der Waals surface area contributed by atoms with Crippen LogP contribution in [0.2, 0.25) is 0 Å². The molecule has 0 fully saturated rings. The van der Waals surface area contributed by atoms with Gasteiger partial charge in [-0.1, -0.05) is 0 Å². The third-order valence-electron chi connectivity index (χ3n) is 1.65. The van der Waals surface area contributed by atoms with Gasteiger partial charge in [0.1, 0.15) is 10.7 Å². The lowest BCUT2D eigenvalue weighted by atomic mass is 10.3. The normalized spacial score (nSPS) is 10.4. The zero-order valence-corrected chi connectivity index (χ0v) is 10.5. The summed E-state index contributed by atoms with van der Waals surface area (Å²) in [4.78, 5) is 16.4. The van der Waals surface area contributed by atoms with Gasteiger partial charge in [-0.25, -0.2) is 4.98 Å². The second kappa shape index (κ2) is 3.92. The van der Waals surface area contributed by atoms with Crippen molar-refractivity contribution in [1.29, 1.82) is 0 Å². The van der Waals surface area contributed by atoms with Crippen LogP contribution >= 0.6 is 38.6 Å². The van der Waals surface area contributed by atoms with Gasteiger partial charge in [0.2, 0.25) is 0 Å². The van der Waals surface area contributed by atoms with E-state index in [1.54, 1.807) is 16.7 Å². The van der Waals surface area contributed by atoms with Crippen LogP contribution in [0.5, 0.6) is 0 Å². The Hall–Kier alpha value is -0.520. The minimum Gasteiger partial charge on any atom is -0.293 e. The van der Waals surface area contributed by atoms with Crippen LogP contribution in [0.15, 0.2) is 21.3 Å². The molecule has 0 atom stereocenters. The lowest BCUT2D eigenvalue weighted by Gasteiger charge is -1.86. The SMILES string of the molecule is CC(=O)c1csc(-c2ccc(Br)s2)n1. The Kier molecular flexibility index (Phi) is 2.80. The molecule has 0 saturated heterocycles. The molecule has 0 spiro atoms. The number of aromatic nitrogens is 1. The van der Waals surface area contributed by atoms with Crippen LogP contribution in [-0.2, 0) is 0 Å². The van der Waals surface area contributed by atoms with Crippen molar-refractivity contribution in [2.24, 2.45) is 0 Å². The maximum atomic E-state index is 11.0. The largest absolute Gasteiger partial charge is 0.293 e. The third-order valence-corrected chi connectivity index (χ3v) is 4.28. The minimum atomic E-state index is 0.0168. The standard InChI is InChI=1S/C9H6BrNOS2/c1-5(12)6-4-13-9(11-6)7-2-3-8(10)14-7/h2-4H,1H3. The lowest BCUT2D eigenvalue weighted by Crippen LogP contribution is -1.90. The van der Waals surface area contributed by atoms with Crippen molar-refractivity contribution in [3.8, 4) is 9.88 Å². The van der Waals surface area contributed by atoms with Crippen LogP contribution in [0.3, 0.4) is 0 Å². The van der Waals surface area contributed by atoms with Crippen molar-refractivity contribution in [3.63, 3.8) is 0 Å². The molecular formula is C9H6BrNOS2. The number of thiophene rings is 1. The van der Waals surface area contributed by atoms with E-state index in [9.17, 15) is 4.79 Å². The Morgan fingerprint density at radius 2 is 2.29 bits per heavy atom. The molecule has 72 valence electrons. The fraction of sp³-hybridized carbons (Fsp3) is 0.111. The first-order chi connectivity index (χ1) is 6.66. The van der Waals surface area contributed by atoms with Crippen LogP contribution in [0, 0.1) is 0 Å². The monoisotopic (exact) mass is 287 g/mol. The number of hydrogen-bond acceptors (Lipinski definition) is 4. The molecule has 2 aromatic rings. The molecule has 2 nitrogen and oxygen atoms in total. The molecule has 0 aliphatic heterocycles. The minimum absolute atomic E-state index is 0.0168. The number of rotatable bonds is 2. The molecule has 5 heteroatoms. The number of halogens is 1. The molecule has 0 aromatic carbocycles. The highest BCUT2D eigenvalue weighted by molar-refractivity contribution is 9.11. The molecule has 0 unspecified atom stereocenters. The van der Waals surface area contributed by atoms with E-state index >= 15 is 0 Å². The Morgan fingerprint density at radius 1 is 1.50 bits per heavy atom. The molecule has 0 aliphatic rings. The maximum absolute atomic E-state index is 11.0. The molecule has 0 amide bonds. The van der Waals surface area contributed by atoms with E-state index in [0.29, 0.717) is 5.69 Å². The van der Waals surface area contributed by atoms with Gasteiger partial charge in [-0.2, -0.15) is 0 Å².